The molecule has 1 N–H and O–H groups in total. The van der Waals surface area contributed by atoms with E-state index in [1.165, 1.54) is 13.2 Å². The number of hydrogen-bond donors (Lipinski definition) is 1. The Bertz CT molecular complexity index is 667. The molecule has 134 valence electrons. The molecule has 0 aliphatic heterocycles. The zero-order valence-electron chi connectivity index (χ0n) is 13.5. The molecule has 0 aliphatic carbocycles. The highest BCUT2D eigenvalue weighted by Crippen LogP contribution is 2.30. The largest absolute Gasteiger partial charge is 0.435 e. The quantitative estimate of drug-likeness (QED) is 0.421. The second-order valence-electron chi connectivity index (χ2n) is 5.06. The van der Waals surface area contributed by atoms with Gasteiger partial charge < -0.3 is 10.2 Å². The van der Waals surface area contributed by atoms with Crippen LogP contribution in [0.25, 0.3) is 0 Å². The van der Waals surface area contributed by atoms with Crippen molar-refractivity contribution in [2.24, 2.45) is 12.0 Å². The Morgan fingerprint density at radius 2 is 2.17 bits per heavy atom. The Hall–Kier alpha value is -1.30. The van der Waals surface area contributed by atoms with Crippen molar-refractivity contribution < 1.29 is 13.2 Å². The fourth-order valence-electron chi connectivity index (χ4n) is 2.20. The predicted molar refractivity (Wildman–Crippen MR) is 99.6 cm³/mol. The van der Waals surface area contributed by atoms with E-state index >= 15 is 0 Å². The average Bonchev–Trinajstić information content (AvgIpc) is 3.08. The van der Waals surface area contributed by atoms with Gasteiger partial charge in [-0.25, -0.2) is 0 Å². The lowest BCUT2D eigenvalue weighted by molar-refractivity contribution is -0.142. The zero-order chi connectivity index (χ0) is 17.0. The van der Waals surface area contributed by atoms with Crippen LogP contribution in [0.15, 0.2) is 28.0 Å². The molecule has 0 saturated heterocycles. The van der Waals surface area contributed by atoms with E-state index in [1.807, 2.05) is 28.8 Å². The summed E-state index contributed by atoms with van der Waals surface area (Å²) in [6.45, 7) is 0.631. The van der Waals surface area contributed by atoms with Gasteiger partial charge in [0.2, 0.25) is 0 Å². The number of rotatable bonds is 4. The second kappa shape index (κ2) is 8.70. The van der Waals surface area contributed by atoms with Gasteiger partial charge in [-0.05, 0) is 22.4 Å². The van der Waals surface area contributed by atoms with Crippen molar-refractivity contribution in [3.63, 3.8) is 0 Å². The lowest BCUT2D eigenvalue weighted by atomic mass is 10.2. The molecular formula is C14H19F3IN5S. The van der Waals surface area contributed by atoms with E-state index in [0.717, 1.165) is 10.2 Å². The number of hydrogen-bond acceptors (Lipinski definition) is 3. The number of nitrogens with one attached hydrogen (secondary N) is 1. The van der Waals surface area contributed by atoms with E-state index in [2.05, 4.69) is 15.4 Å². The van der Waals surface area contributed by atoms with Crippen LogP contribution in [0.3, 0.4) is 0 Å². The number of guanidine groups is 1. The predicted octanol–water partition coefficient (Wildman–Crippen LogP) is 3.33. The van der Waals surface area contributed by atoms with Crippen LogP contribution in [0.2, 0.25) is 0 Å². The molecule has 0 amide bonds. The smallest absolute Gasteiger partial charge is 0.352 e. The van der Waals surface area contributed by atoms with E-state index in [4.69, 9.17) is 0 Å². The summed E-state index contributed by atoms with van der Waals surface area (Å²) in [5.41, 5.74) is 0.339. The minimum absolute atomic E-state index is 0. The first-order chi connectivity index (χ1) is 10.8. The van der Waals surface area contributed by atoms with Crippen molar-refractivity contribution in [2.75, 3.05) is 14.1 Å². The molecule has 0 aliphatic rings. The fourth-order valence-corrected chi connectivity index (χ4v) is 2.86. The molecular weight excluding hydrogens is 454 g/mol. The Labute approximate surface area is 159 Å². The summed E-state index contributed by atoms with van der Waals surface area (Å²) < 4.78 is 40.0. The SMILES string of the molecule is CN=C(NCc1cn(C)nc1C(F)(F)F)N(C)Cc1ccsc1.I. The number of aliphatic imine (C=N–C) groups is 1. The summed E-state index contributed by atoms with van der Waals surface area (Å²) in [7, 11) is 4.90. The van der Waals surface area contributed by atoms with Crippen molar-refractivity contribution in [1.29, 1.82) is 0 Å². The Balaban J connectivity index is 0.00000288. The van der Waals surface area contributed by atoms with Crippen LogP contribution < -0.4 is 5.32 Å². The Kier molecular flexibility index (Phi) is 7.52. The highest BCUT2D eigenvalue weighted by atomic mass is 127. The molecule has 0 saturated carbocycles. The molecule has 0 atom stereocenters. The third-order valence-electron chi connectivity index (χ3n) is 3.18. The van der Waals surface area contributed by atoms with E-state index in [0.29, 0.717) is 12.5 Å². The maximum atomic E-state index is 12.9. The minimum atomic E-state index is -4.47. The highest BCUT2D eigenvalue weighted by molar-refractivity contribution is 14.0. The first-order valence-corrected chi connectivity index (χ1v) is 7.78. The van der Waals surface area contributed by atoms with Crippen molar-refractivity contribution >= 4 is 41.3 Å². The number of thiophene rings is 1. The van der Waals surface area contributed by atoms with Gasteiger partial charge in [0, 0.05) is 46.0 Å². The van der Waals surface area contributed by atoms with Gasteiger partial charge in [-0.2, -0.15) is 29.6 Å². The minimum Gasteiger partial charge on any atom is -0.352 e. The van der Waals surface area contributed by atoms with E-state index in [-0.39, 0.29) is 36.1 Å². The number of nitrogens with zero attached hydrogens (tertiary/aromatic N) is 4. The van der Waals surface area contributed by atoms with Gasteiger partial charge in [-0.1, -0.05) is 0 Å². The third-order valence-corrected chi connectivity index (χ3v) is 3.92. The number of halogens is 4. The maximum Gasteiger partial charge on any atom is 0.435 e. The summed E-state index contributed by atoms with van der Waals surface area (Å²) in [6.07, 6.45) is -3.10. The topological polar surface area (TPSA) is 45.5 Å². The van der Waals surface area contributed by atoms with Crippen molar-refractivity contribution in [2.45, 2.75) is 19.3 Å². The summed E-state index contributed by atoms with van der Waals surface area (Å²) >= 11 is 1.60. The lowest BCUT2D eigenvalue weighted by Gasteiger charge is -2.21. The van der Waals surface area contributed by atoms with Crippen LogP contribution in [-0.4, -0.2) is 34.7 Å². The molecule has 0 aromatic carbocycles. The van der Waals surface area contributed by atoms with Gasteiger partial charge in [-0.15, -0.1) is 24.0 Å². The normalized spacial score (nSPS) is 12.0. The molecule has 10 heteroatoms. The molecule has 2 aromatic rings. The van der Waals surface area contributed by atoms with Crippen molar-refractivity contribution in [1.82, 2.24) is 20.0 Å². The molecule has 0 spiro atoms. The van der Waals surface area contributed by atoms with Crippen LogP contribution in [0.4, 0.5) is 13.2 Å². The number of aromatic nitrogens is 2. The highest BCUT2D eigenvalue weighted by Gasteiger charge is 2.36. The molecule has 2 aromatic heterocycles. The number of aryl methyl sites for hydroxylation is 1. The summed E-state index contributed by atoms with van der Waals surface area (Å²) in [4.78, 5) is 5.96. The molecule has 0 fully saturated rings. The average molecular weight is 473 g/mol. The van der Waals surface area contributed by atoms with Crippen LogP contribution in [0.1, 0.15) is 16.8 Å². The van der Waals surface area contributed by atoms with Gasteiger partial charge >= 0.3 is 6.18 Å². The maximum absolute atomic E-state index is 12.9. The molecule has 24 heavy (non-hydrogen) atoms. The molecule has 0 radical (unpaired) electrons. The molecule has 0 bridgehead atoms. The monoisotopic (exact) mass is 473 g/mol. The van der Waals surface area contributed by atoms with Gasteiger partial charge in [0.15, 0.2) is 11.7 Å². The van der Waals surface area contributed by atoms with E-state index in [9.17, 15) is 13.2 Å². The van der Waals surface area contributed by atoms with Gasteiger partial charge in [-0.3, -0.25) is 9.67 Å². The third kappa shape index (κ3) is 5.36. The van der Waals surface area contributed by atoms with E-state index < -0.39 is 11.9 Å². The summed E-state index contributed by atoms with van der Waals surface area (Å²) in [5.74, 6) is 0.521. The van der Waals surface area contributed by atoms with Crippen LogP contribution in [0.5, 0.6) is 0 Å². The number of alkyl halides is 3. The fraction of sp³-hybridized carbons (Fsp3) is 0.429. The van der Waals surface area contributed by atoms with Crippen LogP contribution >= 0.6 is 35.3 Å². The first kappa shape index (κ1) is 20.7. The summed E-state index contributed by atoms with van der Waals surface area (Å²) in [6, 6.07) is 2.00. The molecule has 2 rings (SSSR count). The van der Waals surface area contributed by atoms with Gasteiger partial charge in [0.1, 0.15) is 0 Å². The molecule has 0 unspecified atom stereocenters. The van der Waals surface area contributed by atoms with Crippen molar-refractivity contribution in [3.8, 4) is 0 Å². The first-order valence-electron chi connectivity index (χ1n) is 6.84. The van der Waals surface area contributed by atoms with Crippen molar-refractivity contribution in [3.05, 3.63) is 39.8 Å². The van der Waals surface area contributed by atoms with E-state index in [1.54, 1.807) is 18.4 Å². The van der Waals surface area contributed by atoms with Crippen LogP contribution in [-0.2, 0) is 26.3 Å². The molecule has 5 nitrogen and oxygen atoms in total. The summed E-state index contributed by atoms with van der Waals surface area (Å²) in [5, 5.41) is 10.4. The van der Waals surface area contributed by atoms with Crippen LogP contribution in [0, 0.1) is 0 Å². The van der Waals surface area contributed by atoms with Gasteiger partial charge in [0.25, 0.3) is 0 Å². The van der Waals surface area contributed by atoms with Gasteiger partial charge in [0.05, 0.1) is 0 Å². The Morgan fingerprint density at radius 3 is 2.71 bits per heavy atom. The standard InChI is InChI=1S/C14H18F3N5S.HI/c1-18-13(21(2)7-10-4-5-23-9-10)19-6-11-8-22(3)20-12(11)14(15,16)17;/h4-5,8-9H,6-7H2,1-3H3,(H,18,19);1H. The second-order valence-corrected chi connectivity index (χ2v) is 5.84. The zero-order valence-corrected chi connectivity index (χ0v) is 16.6. The Morgan fingerprint density at radius 1 is 1.46 bits per heavy atom. The molecule has 2 heterocycles. The lowest BCUT2D eigenvalue weighted by Crippen LogP contribution is -2.38.